The van der Waals surface area contributed by atoms with E-state index in [0.717, 1.165) is 12.0 Å². The summed E-state index contributed by atoms with van der Waals surface area (Å²) in [5.41, 5.74) is 6.59. The maximum Gasteiger partial charge on any atom is 0.162 e. The van der Waals surface area contributed by atoms with Gasteiger partial charge in [0.05, 0.1) is 6.61 Å². The van der Waals surface area contributed by atoms with Crippen LogP contribution < -0.4 is 10.5 Å². The third-order valence-electron chi connectivity index (χ3n) is 2.17. The molecule has 0 spiro atoms. The molecular formula is C11H17NO2. The molecule has 14 heavy (non-hydrogen) atoms. The highest BCUT2D eigenvalue weighted by atomic mass is 16.5. The second kappa shape index (κ2) is 4.86. The standard InChI is InChI=1S/C11H17NO2/c1-3-9(12)8-6-5-7-10(11(8)13)14-4-2/h5-7,9,13H,3-4,12H2,1-2H3/t9-/m1/s1. The summed E-state index contributed by atoms with van der Waals surface area (Å²) in [5, 5.41) is 9.82. The van der Waals surface area contributed by atoms with E-state index in [0.29, 0.717) is 12.4 Å². The van der Waals surface area contributed by atoms with Crippen molar-refractivity contribution < 1.29 is 9.84 Å². The quantitative estimate of drug-likeness (QED) is 0.774. The van der Waals surface area contributed by atoms with Crippen LogP contribution in [0.4, 0.5) is 0 Å². The van der Waals surface area contributed by atoms with E-state index in [4.69, 9.17) is 10.5 Å². The molecule has 0 fully saturated rings. The Balaban J connectivity index is 3.00. The topological polar surface area (TPSA) is 55.5 Å². The Hall–Kier alpha value is -1.22. The summed E-state index contributed by atoms with van der Waals surface area (Å²) in [4.78, 5) is 0. The number of nitrogens with two attached hydrogens (primary N) is 1. The number of benzene rings is 1. The molecule has 0 saturated carbocycles. The van der Waals surface area contributed by atoms with E-state index in [2.05, 4.69) is 0 Å². The summed E-state index contributed by atoms with van der Waals surface area (Å²) in [7, 11) is 0. The zero-order valence-electron chi connectivity index (χ0n) is 8.66. The van der Waals surface area contributed by atoms with Crippen molar-refractivity contribution >= 4 is 0 Å². The summed E-state index contributed by atoms with van der Waals surface area (Å²) in [6, 6.07) is 5.28. The maximum atomic E-state index is 9.82. The van der Waals surface area contributed by atoms with Crippen LogP contribution in [0.2, 0.25) is 0 Å². The van der Waals surface area contributed by atoms with Crippen LogP contribution in [-0.2, 0) is 0 Å². The molecule has 3 nitrogen and oxygen atoms in total. The van der Waals surface area contributed by atoms with Gasteiger partial charge in [0.25, 0.3) is 0 Å². The number of hydrogen-bond acceptors (Lipinski definition) is 3. The van der Waals surface area contributed by atoms with Gasteiger partial charge < -0.3 is 15.6 Å². The van der Waals surface area contributed by atoms with Gasteiger partial charge in [0.15, 0.2) is 11.5 Å². The summed E-state index contributed by atoms with van der Waals surface area (Å²) < 4.78 is 5.27. The van der Waals surface area contributed by atoms with E-state index in [1.54, 1.807) is 6.07 Å². The highest BCUT2D eigenvalue weighted by Gasteiger charge is 2.12. The van der Waals surface area contributed by atoms with Crippen molar-refractivity contribution in [2.75, 3.05) is 6.61 Å². The summed E-state index contributed by atoms with van der Waals surface area (Å²) in [5.74, 6) is 0.678. The molecule has 0 heterocycles. The largest absolute Gasteiger partial charge is 0.504 e. The van der Waals surface area contributed by atoms with Gasteiger partial charge in [-0.15, -0.1) is 0 Å². The van der Waals surface area contributed by atoms with Crippen LogP contribution in [0.1, 0.15) is 31.9 Å². The Bertz CT molecular complexity index is 299. The van der Waals surface area contributed by atoms with Gasteiger partial charge in [-0.05, 0) is 19.4 Å². The fourth-order valence-electron chi connectivity index (χ4n) is 1.33. The molecule has 3 N–H and O–H groups in total. The average Bonchev–Trinajstić information content (AvgIpc) is 2.20. The Labute approximate surface area is 84.5 Å². The van der Waals surface area contributed by atoms with Crippen LogP contribution in [0.25, 0.3) is 0 Å². The molecule has 0 bridgehead atoms. The van der Waals surface area contributed by atoms with Crippen molar-refractivity contribution in [3.8, 4) is 11.5 Å². The molecule has 78 valence electrons. The first-order valence-electron chi connectivity index (χ1n) is 4.90. The van der Waals surface area contributed by atoms with Gasteiger partial charge in [-0.25, -0.2) is 0 Å². The molecule has 3 heteroatoms. The van der Waals surface area contributed by atoms with E-state index in [9.17, 15) is 5.11 Å². The summed E-state index contributed by atoms with van der Waals surface area (Å²) in [6.07, 6.45) is 0.795. The second-order valence-corrected chi connectivity index (χ2v) is 3.14. The SMILES string of the molecule is CCOc1cccc([C@H](N)CC)c1O. The minimum Gasteiger partial charge on any atom is -0.504 e. The predicted octanol–water partition coefficient (Wildman–Crippen LogP) is 2.20. The molecule has 0 aliphatic carbocycles. The molecule has 1 atom stereocenters. The van der Waals surface area contributed by atoms with Crippen LogP contribution in [0.5, 0.6) is 11.5 Å². The number of hydrogen-bond donors (Lipinski definition) is 2. The lowest BCUT2D eigenvalue weighted by atomic mass is 10.0. The van der Waals surface area contributed by atoms with E-state index < -0.39 is 0 Å². The highest BCUT2D eigenvalue weighted by Crippen LogP contribution is 2.33. The second-order valence-electron chi connectivity index (χ2n) is 3.14. The Morgan fingerprint density at radius 3 is 2.71 bits per heavy atom. The number of para-hydroxylation sites is 1. The van der Waals surface area contributed by atoms with Gasteiger partial charge in [-0.2, -0.15) is 0 Å². The first-order chi connectivity index (χ1) is 6.70. The molecule has 1 aromatic rings. The number of aromatic hydroxyl groups is 1. The minimum atomic E-state index is -0.129. The number of rotatable bonds is 4. The molecule has 0 aliphatic heterocycles. The minimum absolute atomic E-state index is 0.129. The van der Waals surface area contributed by atoms with Gasteiger partial charge in [-0.3, -0.25) is 0 Å². The third-order valence-corrected chi connectivity index (χ3v) is 2.17. The Morgan fingerprint density at radius 1 is 1.43 bits per heavy atom. The van der Waals surface area contributed by atoms with Gasteiger partial charge in [0.1, 0.15) is 0 Å². The summed E-state index contributed by atoms with van der Waals surface area (Å²) >= 11 is 0. The molecule has 1 aromatic carbocycles. The molecule has 0 saturated heterocycles. The monoisotopic (exact) mass is 195 g/mol. The van der Waals surface area contributed by atoms with E-state index in [-0.39, 0.29) is 11.8 Å². The average molecular weight is 195 g/mol. The number of phenolic OH excluding ortho intramolecular Hbond substituents is 1. The van der Waals surface area contributed by atoms with E-state index in [1.165, 1.54) is 0 Å². The first kappa shape index (κ1) is 10.9. The lowest BCUT2D eigenvalue weighted by Gasteiger charge is -2.14. The van der Waals surface area contributed by atoms with Crippen LogP contribution in [0.3, 0.4) is 0 Å². The Morgan fingerprint density at radius 2 is 2.14 bits per heavy atom. The van der Waals surface area contributed by atoms with Crippen LogP contribution in [0, 0.1) is 0 Å². The van der Waals surface area contributed by atoms with Gasteiger partial charge in [0.2, 0.25) is 0 Å². The number of phenols is 1. The van der Waals surface area contributed by atoms with Crippen molar-refractivity contribution in [2.24, 2.45) is 5.73 Å². The highest BCUT2D eigenvalue weighted by molar-refractivity contribution is 5.46. The molecule has 0 unspecified atom stereocenters. The lowest BCUT2D eigenvalue weighted by Crippen LogP contribution is -2.09. The van der Waals surface area contributed by atoms with Crippen molar-refractivity contribution in [3.63, 3.8) is 0 Å². The van der Waals surface area contributed by atoms with Crippen molar-refractivity contribution in [1.29, 1.82) is 0 Å². The molecular weight excluding hydrogens is 178 g/mol. The first-order valence-corrected chi connectivity index (χ1v) is 4.90. The normalized spacial score (nSPS) is 12.5. The van der Waals surface area contributed by atoms with Crippen molar-refractivity contribution in [3.05, 3.63) is 23.8 Å². The van der Waals surface area contributed by atoms with Gasteiger partial charge >= 0.3 is 0 Å². The van der Waals surface area contributed by atoms with E-state index in [1.807, 2.05) is 26.0 Å². The molecule has 0 amide bonds. The molecule has 0 radical (unpaired) electrons. The van der Waals surface area contributed by atoms with Crippen LogP contribution >= 0.6 is 0 Å². The van der Waals surface area contributed by atoms with Gasteiger partial charge in [0, 0.05) is 11.6 Å². The van der Waals surface area contributed by atoms with Crippen molar-refractivity contribution in [1.82, 2.24) is 0 Å². The summed E-state index contributed by atoms with van der Waals surface area (Å²) in [6.45, 7) is 4.40. The zero-order chi connectivity index (χ0) is 10.6. The van der Waals surface area contributed by atoms with E-state index >= 15 is 0 Å². The smallest absolute Gasteiger partial charge is 0.162 e. The van der Waals surface area contributed by atoms with Crippen LogP contribution in [0.15, 0.2) is 18.2 Å². The third kappa shape index (κ3) is 2.17. The molecule has 0 aliphatic rings. The predicted molar refractivity (Wildman–Crippen MR) is 56.5 cm³/mol. The van der Waals surface area contributed by atoms with Crippen molar-refractivity contribution in [2.45, 2.75) is 26.3 Å². The van der Waals surface area contributed by atoms with Crippen LogP contribution in [-0.4, -0.2) is 11.7 Å². The molecule has 0 aromatic heterocycles. The lowest BCUT2D eigenvalue weighted by molar-refractivity contribution is 0.315. The zero-order valence-corrected chi connectivity index (χ0v) is 8.66. The molecule has 1 rings (SSSR count). The maximum absolute atomic E-state index is 9.82. The number of ether oxygens (including phenoxy) is 1. The Kier molecular flexibility index (Phi) is 3.77. The van der Waals surface area contributed by atoms with Gasteiger partial charge in [-0.1, -0.05) is 19.1 Å². The fourth-order valence-corrected chi connectivity index (χ4v) is 1.33. The fraction of sp³-hybridized carbons (Fsp3) is 0.455.